The molecule has 1 N–H and O–H groups in total. The van der Waals surface area contributed by atoms with Crippen molar-refractivity contribution < 1.29 is 9.84 Å². The second-order valence-electron chi connectivity index (χ2n) is 5.39. The zero-order chi connectivity index (χ0) is 14.6. The molecular formula is C15H24BrNO2. The summed E-state index contributed by atoms with van der Waals surface area (Å²) in [5.74, 6) is 1.44. The average Bonchev–Trinajstić information content (AvgIpc) is 2.34. The van der Waals surface area contributed by atoms with Gasteiger partial charge in [-0.15, -0.1) is 0 Å². The largest absolute Gasteiger partial charge is 0.496 e. The Morgan fingerprint density at radius 1 is 1.32 bits per heavy atom. The van der Waals surface area contributed by atoms with Crippen LogP contribution >= 0.6 is 15.9 Å². The van der Waals surface area contributed by atoms with Gasteiger partial charge < -0.3 is 14.7 Å². The van der Waals surface area contributed by atoms with Crippen LogP contribution in [0.2, 0.25) is 0 Å². The number of methoxy groups -OCH3 is 1. The molecule has 19 heavy (non-hydrogen) atoms. The fourth-order valence-corrected chi connectivity index (χ4v) is 3.03. The number of rotatable bonds is 6. The van der Waals surface area contributed by atoms with Gasteiger partial charge in [0, 0.05) is 18.6 Å². The zero-order valence-electron chi connectivity index (χ0n) is 12.4. The Kier molecular flexibility index (Phi) is 6.30. The van der Waals surface area contributed by atoms with E-state index in [4.69, 9.17) is 4.74 Å². The van der Waals surface area contributed by atoms with E-state index in [0.717, 1.165) is 10.2 Å². The second-order valence-corrected chi connectivity index (χ2v) is 6.25. The SMILES string of the molecule is COc1ccc(C(C(CO)C(C)C)N(C)C)cc1Br. The van der Waals surface area contributed by atoms with Crippen LogP contribution in [0.4, 0.5) is 0 Å². The van der Waals surface area contributed by atoms with Crippen molar-refractivity contribution in [3.05, 3.63) is 28.2 Å². The van der Waals surface area contributed by atoms with Gasteiger partial charge in [-0.05, 0) is 53.6 Å². The van der Waals surface area contributed by atoms with Gasteiger partial charge >= 0.3 is 0 Å². The summed E-state index contributed by atoms with van der Waals surface area (Å²) in [4.78, 5) is 2.16. The van der Waals surface area contributed by atoms with Crippen molar-refractivity contribution in [1.82, 2.24) is 4.90 Å². The van der Waals surface area contributed by atoms with Crippen molar-refractivity contribution in [2.75, 3.05) is 27.8 Å². The van der Waals surface area contributed by atoms with E-state index in [9.17, 15) is 5.11 Å². The fraction of sp³-hybridized carbons (Fsp3) is 0.600. The molecular weight excluding hydrogens is 306 g/mol. The van der Waals surface area contributed by atoms with Gasteiger partial charge in [-0.2, -0.15) is 0 Å². The number of aliphatic hydroxyl groups is 1. The van der Waals surface area contributed by atoms with Crippen molar-refractivity contribution in [2.45, 2.75) is 19.9 Å². The number of hydrogen-bond donors (Lipinski definition) is 1. The van der Waals surface area contributed by atoms with E-state index in [-0.39, 0.29) is 18.6 Å². The molecule has 1 aromatic rings. The van der Waals surface area contributed by atoms with Gasteiger partial charge in [0.05, 0.1) is 11.6 Å². The number of halogens is 1. The highest BCUT2D eigenvalue weighted by atomic mass is 79.9. The summed E-state index contributed by atoms with van der Waals surface area (Å²) in [5.41, 5.74) is 1.19. The van der Waals surface area contributed by atoms with Crippen molar-refractivity contribution in [3.8, 4) is 5.75 Å². The van der Waals surface area contributed by atoms with Crippen LogP contribution in [0.15, 0.2) is 22.7 Å². The maximum absolute atomic E-state index is 9.68. The average molecular weight is 330 g/mol. The van der Waals surface area contributed by atoms with E-state index in [1.165, 1.54) is 5.56 Å². The van der Waals surface area contributed by atoms with E-state index < -0.39 is 0 Å². The highest BCUT2D eigenvalue weighted by molar-refractivity contribution is 9.10. The lowest BCUT2D eigenvalue weighted by Crippen LogP contribution is -2.32. The first kappa shape index (κ1) is 16.5. The van der Waals surface area contributed by atoms with E-state index in [1.54, 1.807) is 7.11 Å². The number of hydrogen-bond acceptors (Lipinski definition) is 3. The molecule has 1 rings (SSSR count). The van der Waals surface area contributed by atoms with Crippen LogP contribution in [-0.2, 0) is 0 Å². The Morgan fingerprint density at radius 2 is 1.95 bits per heavy atom. The van der Waals surface area contributed by atoms with Crippen LogP contribution in [0.5, 0.6) is 5.75 Å². The molecule has 0 heterocycles. The minimum absolute atomic E-state index is 0.185. The Balaban J connectivity index is 3.15. The molecule has 0 aromatic heterocycles. The standard InChI is InChI=1S/C15H24BrNO2/c1-10(2)12(9-18)15(17(3)4)11-6-7-14(19-5)13(16)8-11/h6-8,10,12,15,18H,9H2,1-5H3. The number of benzene rings is 1. The molecule has 0 aliphatic heterocycles. The lowest BCUT2D eigenvalue weighted by Gasteiger charge is -2.34. The van der Waals surface area contributed by atoms with E-state index >= 15 is 0 Å². The lowest BCUT2D eigenvalue weighted by atomic mass is 9.84. The topological polar surface area (TPSA) is 32.7 Å². The molecule has 0 aliphatic rings. The van der Waals surface area contributed by atoms with Gasteiger partial charge in [0.1, 0.15) is 5.75 Å². The normalized spacial score (nSPS) is 14.8. The Bertz CT molecular complexity index is 407. The summed E-state index contributed by atoms with van der Waals surface area (Å²) in [6, 6.07) is 6.30. The molecule has 0 amide bonds. The summed E-state index contributed by atoms with van der Waals surface area (Å²) in [7, 11) is 5.76. The predicted octanol–water partition coefficient (Wildman–Crippen LogP) is 3.32. The maximum atomic E-state index is 9.68. The smallest absolute Gasteiger partial charge is 0.133 e. The third-order valence-electron chi connectivity index (χ3n) is 3.55. The molecule has 0 bridgehead atoms. The number of aliphatic hydroxyl groups excluding tert-OH is 1. The molecule has 1 aromatic carbocycles. The predicted molar refractivity (Wildman–Crippen MR) is 82.5 cm³/mol. The third-order valence-corrected chi connectivity index (χ3v) is 4.17. The van der Waals surface area contributed by atoms with Crippen LogP contribution in [-0.4, -0.2) is 37.8 Å². The molecule has 0 spiro atoms. The van der Waals surface area contributed by atoms with Gasteiger partial charge in [-0.1, -0.05) is 19.9 Å². The summed E-state index contributed by atoms with van der Waals surface area (Å²) in [5, 5.41) is 9.68. The molecule has 0 saturated heterocycles. The molecule has 3 nitrogen and oxygen atoms in total. The molecule has 0 radical (unpaired) electrons. The molecule has 0 aliphatic carbocycles. The summed E-state index contributed by atoms with van der Waals surface area (Å²) in [6.07, 6.45) is 0. The number of nitrogens with zero attached hydrogens (tertiary/aromatic N) is 1. The van der Waals surface area contributed by atoms with E-state index in [0.29, 0.717) is 5.92 Å². The molecule has 2 unspecified atom stereocenters. The molecule has 4 heteroatoms. The van der Waals surface area contributed by atoms with E-state index in [2.05, 4.69) is 46.8 Å². The quantitative estimate of drug-likeness (QED) is 0.868. The van der Waals surface area contributed by atoms with E-state index in [1.807, 2.05) is 20.2 Å². The van der Waals surface area contributed by atoms with Crippen LogP contribution in [0.3, 0.4) is 0 Å². The third kappa shape index (κ3) is 3.94. The summed E-state index contributed by atoms with van der Waals surface area (Å²) >= 11 is 3.53. The van der Waals surface area contributed by atoms with Crippen molar-refractivity contribution in [1.29, 1.82) is 0 Å². The van der Waals surface area contributed by atoms with Gasteiger partial charge in [0.15, 0.2) is 0 Å². The summed E-state index contributed by atoms with van der Waals surface area (Å²) < 4.78 is 6.21. The van der Waals surface area contributed by atoms with Crippen LogP contribution < -0.4 is 4.74 Å². The first-order valence-corrected chi connectivity index (χ1v) is 7.32. The minimum atomic E-state index is 0.185. The molecule has 0 fully saturated rings. The maximum Gasteiger partial charge on any atom is 0.133 e. The first-order chi connectivity index (χ1) is 8.92. The Hall–Kier alpha value is -0.580. The van der Waals surface area contributed by atoms with Crippen LogP contribution in [0.25, 0.3) is 0 Å². The fourth-order valence-electron chi connectivity index (χ4n) is 2.47. The van der Waals surface area contributed by atoms with Crippen molar-refractivity contribution >= 4 is 15.9 Å². The Labute approximate surface area is 124 Å². The highest BCUT2D eigenvalue weighted by Gasteiger charge is 2.27. The van der Waals surface area contributed by atoms with Gasteiger partial charge in [0.2, 0.25) is 0 Å². The van der Waals surface area contributed by atoms with Crippen LogP contribution in [0, 0.1) is 11.8 Å². The molecule has 0 saturated carbocycles. The van der Waals surface area contributed by atoms with Crippen LogP contribution in [0.1, 0.15) is 25.5 Å². The highest BCUT2D eigenvalue weighted by Crippen LogP contribution is 2.35. The van der Waals surface area contributed by atoms with Crippen molar-refractivity contribution in [2.24, 2.45) is 11.8 Å². The lowest BCUT2D eigenvalue weighted by molar-refractivity contribution is 0.100. The second kappa shape index (κ2) is 7.27. The van der Waals surface area contributed by atoms with Crippen molar-refractivity contribution in [3.63, 3.8) is 0 Å². The zero-order valence-corrected chi connectivity index (χ0v) is 13.9. The minimum Gasteiger partial charge on any atom is -0.496 e. The first-order valence-electron chi connectivity index (χ1n) is 6.53. The summed E-state index contributed by atoms with van der Waals surface area (Å²) in [6.45, 7) is 4.48. The molecule has 2 atom stereocenters. The van der Waals surface area contributed by atoms with Gasteiger partial charge in [-0.25, -0.2) is 0 Å². The Morgan fingerprint density at radius 3 is 2.32 bits per heavy atom. The van der Waals surface area contributed by atoms with Gasteiger partial charge in [0.25, 0.3) is 0 Å². The number of ether oxygens (including phenoxy) is 1. The molecule has 108 valence electrons. The monoisotopic (exact) mass is 329 g/mol. The van der Waals surface area contributed by atoms with Gasteiger partial charge in [-0.3, -0.25) is 0 Å².